The summed E-state index contributed by atoms with van der Waals surface area (Å²) in [6.07, 6.45) is 6.63. The van der Waals surface area contributed by atoms with Crippen LogP contribution in [0.3, 0.4) is 0 Å². The molecule has 0 aliphatic heterocycles. The number of aliphatic carboxylic acids is 1. The van der Waals surface area contributed by atoms with Crippen molar-refractivity contribution >= 4 is 11.5 Å². The van der Waals surface area contributed by atoms with Gasteiger partial charge in [0.15, 0.2) is 0 Å². The smallest absolute Gasteiger partial charge is 0.303 e. The lowest BCUT2D eigenvalue weighted by Gasteiger charge is -2.09. The fourth-order valence-electron chi connectivity index (χ4n) is 2.21. The number of rotatable bonds is 4. The summed E-state index contributed by atoms with van der Waals surface area (Å²) in [5.41, 5.74) is 3.81. The van der Waals surface area contributed by atoms with Crippen LogP contribution in [0.5, 0.6) is 0 Å². The summed E-state index contributed by atoms with van der Waals surface area (Å²) in [6, 6.07) is 8.15. The molecule has 16 heavy (non-hydrogen) atoms. The normalized spacial score (nSPS) is 14.9. The minimum absolute atomic E-state index is 0.213. The van der Waals surface area contributed by atoms with Crippen molar-refractivity contribution in [1.29, 1.82) is 0 Å². The summed E-state index contributed by atoms with van der Waals surface area (Å²) in [7, 11) is 0. The molecule has 0 atom stereocenters. The van der Waals surface area contributed by atoms with Crippen LogP contribution < -0.4 is 0 Å². The van der Waals surface area contributed by atoms with Crippen LogP contribution >= 0.6 is 0 Å². The second-order valence-corrected chi connectivity index (χ2v) is 4.17. The van der Waals surface area contributed by atoms with E-state index in [0.717, 1.165) is 18.4 Å². The highest BCUT2D eigenvalue weighted by Crippen LogP contribution is 2.30. The molecule has 2 heteroatoms. The van der Waals surface area contributed by atoms with E-state index in [1.807, 2.05) is 18.2 Å². The SMILES string of the molecule is O=C(O)CCc1ccccc1C1=CCCC1. The highest BCUT2D eigenvalue weighted by atomic mass is 16.4. The molecule has 0 spiro atoms. The minimum atomic E-state index is -0.727. The fourth-order valence-corrected chi connectivity index (χ4v) is 2.21. The Morgan fingerprint density at radius 3 is 2.81 bits per heavy atom. The van der Waals surface area contributed by atoms with E-state index >= 15 is 0 Å². The largest absolute Gasteiger partial charge is 0.481 e. The van der Waals surface area contributed by atoms with Crippen molar-refractivity contribution in [1.82, 2.24) is 0 Å². The molecule has 0 unspecified atom stereocenters. The Hall–Kier alpha value is -1.57. The van der Waals surface area contributed by atoms with Gasteiger partial charge in [0.25, 0.3) is 0 Å². The predicted molar refractivity (Wildman–Crippen MR) is 64.2 cm³/mol. The van der Waals surface area contributed by atoms with Crippen molar-refractivity contribution in [2.24, 2.45) is 0 Å². The number of carboxylic acids is 1. The van der Waals surface area contributed by atoms with Gasteiger partial charge in [-0.2, -0.15) is 0 Å². The summed E-state index contributed by atoms with van der Waals surface area (Å²) in [4.78, 5) is 10.6. The predicted octanol–water partition coefficient (Wildman–Crippen LogP) is 3.27. The number of hydrogen-bond acceptors (Lipinski definition) is 1. The second-order valence-electron chi connectivity index (χ2n) is 4.17. The van der Waals surface area contributed by atoms with Crippen molar-refractivity contribution in [2.75, 3.05) is 0 Å². The van der Waals surface area contributed by atoms with Gasteiger partial charge in [-0.15, -0.1) is 0 Å². The Balaban J connectivity index is 2.20. The Morgan fingerprint density at radius 2 is 2.12 bits per heavy atom. The van der Waals surface area contributed by atoms with E-state index in [1.165, 1.54) is 17.6 Å². The minimum Gasteiger partial charge on any atom is -0.481 e. The molecule has 2 rings (SSSR count). The van der Waals surface area contributed by atoms with Gasteiger partial charge in [0.2, 0.25) is 0 Å². The van der Waals surface area contributed by atoms with Gasteiger partial charge in [0, 0.05) is 6.42 Å². The Labute approximate surface area is 95.6 Å². The van der Waals surface area contributed by atoms with Gasteiger partial charge in [0.1, 0.15) is 0 Å². The molecule has 1 aromatic rings. The van der Waals surface area contributed by atoms with E-state index in [4.69, 9.17) is 5.11 Å². The van der Waals surface area contributed by atoms with Crippen LogP contribution in [0.1, 0.15) is 36.8 Å². The summed E-state index contributed by atoms with van der Waals surface area (Å²) in [6.45, 7) is 0. The first-order chi connectivity index (χ1) is 7.77. The molecule has 0 amide bonds. The number of hydrogen-bond donors (Lipinski definition) is 1. The first-order valence-electron chi connectivity index (χ1n) is 5.76. The van der Waals surface area contributed by atoms with Crippen LogP contribution in [0.4, 0.5) is 0 Å². The van der Waals surface area contributed by atoms with Crippen molar-refractivity contribution in [3.63, 3.8) is 0 Å². The molecule has 1 aromatic carbocycles. The third kappa shape index (κ3) is 2.51. The molecule has 1 N–H and O–H groups in total. The Morgan fingerprint density at radius 1 is 1.31 bits per heavy atom. The zero-order valence-electron chi connectivity index (χ0n) is 9.28. The van der Waals surface area contributed by atoms with Crippen LogP contribution in [-0.2, 0) is 11.2 Å². The molecule has 0 radical (unpaired) electrons. The van der Waals surface area contributed by atoms with E-state index in [9.17, 15) is 4.79 Å². The zero-order chi connectivity index (χ0) is 11.4. The molecule has 1 aliphatic carbocycles. The van der Waals surface area contributed by atoms with E-state index in [-0.39, 0.29) is 6.42 Å². The molecule has 0 saturated heterocycles. The number of carbonyl (C=O) groups is 1. The molecule has 1 aliphatic rings. The van der Waals surface area contributed by atoms with Gasteiger partial charge in [-0.25, -0.2) is 0 Å². The topological polar surface area (TPSA) is 37.3 Å². The molecule has 0 aromatic heterocycles. The van der Waals surface area contributed by atoms with Crippen LogP contribution in [0.25, 0.3) is 5.57 Å². The van der Waals surface area contributed by atoms with Crippen LogP contribution in [0.2, 0.25) is 0 Å². The number of carboxylic acid groups (broad SMARTS) is 1. The lowest BCUT2D eigenvalue weighted by molar-refractivity contribution is -0.136. The quantitative estimate of drug-likeness (QED) is 0.838. The molecule has 0 saturated carbocycles. The van der Waals surface area contributed by atoms with Gasteiger partial charge in [0.05, 0.1) is 0 Å². The molecular weight excluding hydrogens is 200 g/mol. The summed E-state index contributed by atoms with van der Waals surface area (Å²) >= 11 is 0. The van der Waals surface area contributed by atoms with Crippen LogP contribution in [-0.4, -0.2) is 11.1 Å². The first-order valence-corrected chi connectivity index (χ1v) is 5.76. The number of aryl methyl sites for hydroxylation is 1. The average Bonchev–Trinajstić information content (AvgIpc) is 2.80. The highest BCUT2D eigenvalue weighted by molar-refractivity contribution is 5.71. The summed E-state index contributed by atoms with van der Waals surface area (Å²) in [5, 5.41) is 8.72. The van der Waals surface area contributed by atoms with E-state index in [1.54, 1.807) is 0 Å². The van der Waals surface area contributed by atoms with E-state index in [2.05, 4.69) is 12.1 Å². The maximum Gasteiger partial charge on any atom is 0.303 e. The van der Waals surface area contributed by atoms with Gasteiger partial charge in [-0.3, -0.25) is 4.79 Å². The lowest BCUT2D eigenvalue weighted by Crippen LogP contribution is -2.00. The molecule has 0 fully saturated rings. The highest BCUT2D eigenvalue weighted by Gasteiger charge is 2.11. The van der Waals surface area contributed by atoms with E-state index in [0.29, 0.717) is 6.42 Å². The van der Waals surface area contributed by atoms with Crippen molar-refractivity contribution in [2.45, 2.75) is 32.1 Å². The van der Waals surface area contributed by atoms with Gasteiger partial charge in [-0.1, -0.05) is 30.3 Å². The third-order valence-corrected chi connectivity index (χ3v) is 3.01. The Kier molecular flexibility index (Phi) is 3.40. The van der Waals surface area contributed by atoms with Crippen molar-refractivity contribution in [3.8, 4) is 0 Å². The number of benzene rings is 1. The summed E-state index contributed by atoms with van der Waals surface area (Å²) < 4.78 is 0. The first kappa shape index (κ1) is 10.9. The fraction of sp³-hybridized carbons (Fsp3) is 0.357. The van der Waals surface area contributed by atoms with Gasteiger partial charge >= 0.3 is 5.97 Å². The summed E-state index contributed by atoms with van der Waals surface area (Å²) in [5.74, 6) is -0.727. The number of allylic oxidation sites excluding steroid dienone is 2. The third-order valence-electron chi connectivity index (χ3n) is 3.01. The zero-order valence-corrected chi connectivity index (χ0v) is 9.28. The molecule has 84 valence electrons. The molecule has 0 bridgehead atoms. The van der Waals surface area contributed by atoms with Gasteiger partial charge < -0.3 is 5.11 Å². The standard InChI is InChI=1S/C14H16O2/c15-14(16)10-9-12-7-3-4-8-13(12)11-5-1-2-6-11/h3-5,7-8H,1-2,6,9-10H2,(H,15,16). The monoisotopic (exact) mass is 216 g/mol. The average molecular weight is 216 g/mol. The Bertz CT molecular complexity index is 418. The lowest BCUT2D eigenvalue weighted by atomic mass is 9.96. The molecule has 0 heterocycles. The van der Waals surface area contributed by atoms with Crippen LogP contribution in [0.15, 0.2) is 30.3 Å². The van der Waals surface area contributed by atoms with Crippen molar-refractivity contribution in [3.05, 3.63) is 41.5 Å². The maximum absolute atomic E-state index is 10.6. The van der Waals surface area contributed by atoms with Crippen LogP contribution in [0, 0.1) is 0 Å². The van der Waals surface area contributed by atoms with E-state index < -0.39 is 5.97 Å². The van der Waals surface area contributed by atoms with Crippen molar-refractivity contribution < 1.29 is 9.90 Å². The molecule has 2 nitrogen and oxygen atoms in total. The second kappa shape index (κ2) is 4.97. The maximum atomic E-state index is 10.6. The molecular formula is C14H16O2. The van der Waals surface area contributed by atoms with Gasteiger partial charge in [-0.05, 0) is 42.4 Å².